The van der Waals surface area contributed by atoms with Gasteiger partial charge >= 0.3 is 5.97 Å². The van der Waals surface area contributed by atoms with E-state index in [0.29, 0.717) is 16.5 Å². The van der Waals surface area contributed by atoms with Gasteiger partial charge in [-0.25, -0.2) is 4.79 Å². The molecule has 0 heterocycles. The molecule has 0 bridgehead atoms. The van der Waals surface area contributed by atoms with E-state index in [1.165, 1.54) is 6.08 Å². The van der Waals surface area contributed by atoms with Crippen LogP contribution in [0.3, 0.4) is 0 Å². The van der Waals surface area contributed by atoms with Crippen LogP contribution in [-0.4, -0.2) is 38.7 Å². The highest BCUT2D eigenvalue weighted by Gasteiger charge is 2.06. The molecule has 27 heavy (non-hydrogen) atoms. The first-order valence-electron chi connectivity index (χ1n) is 8.21. The zero-order valence-corrected chi connectivity index (χ0v) is 15.6. The van der Waals surface area contributed by atoms with Gasteiger partial charge in [-0.15, -0.1) is 0 Å². The summed E-state index contributed by atoms with van der Waals surface area (Å²) in [5, 5.41) is 3.17. The van der Waals surface area contributed by atoms with Crippen LogP contribution in [0.5, 0.6) is 11.5 Å². The Balaban J connectivity index is 1.65. The van der Waals surface area contributed by atoms with Crippen molar-refractivity contribution in [3.05, 3.63) is 65.2 Å². The average Bonchev–Trinajstić information content (AvgIpc) is 2.68. The van der Waals surface area contributed by atoms with Crippen molar-refractivity contribution in [2.45, 2.75) is 0 Å². The summed E-state index contributed by atoms with van der Waals surface area (Å²) in [6.45, 7) is 0.162. The number of benzene rings is 2. The second-order valence-electron chi connectivity index (χ2n) is 5.35. The second kappa shape index (κ2) is 10.9. The predicted octanol–water partition coefficient (Wildman–Crippen LogP) is 3.10. The molecule has 6 nitrogen and oxygen atoms in total. The number of amides is 1. The van der Waals surface area contributed by atoms with Crippen LogP contribution in [-0.2, 0) is 14.3 Å². The van der Waals surface area contributed by atoms with Gasteiger partial charge < -0.3 is 19.5 Å². The zero-order valence-electron chi connectivity index (χ0n) is 14.8. The Kier molecular flexibility index (Phi) is 8.19. The Labute approximate surface area is 162 Å². The van der Waals surface area contributed by atoms with Gasteiger partial charge in [0.1, 0.15) is 6.61 Å². The van der Waals surface area contributed by atoms with Crippen LogP contribution in [0.1, 0.15) is 5.56 Å². The maximum Gasteiger partial charge on any atom is 0.331 e. The highest BCUT2D eigenvalue weighted by Crippen LogP contribution is 2.25. The molecule has 0 radical (unpaired) electrons. The van der Waals surface area contributed by atoms with E-state index in [1.54, 1.807) is 49.6 Å². The molecule has 142 valence electrons. The first-order valence-corrected chi connectivity index (χ1v) is 8.59. The van der Waals surface area contributed by atoms with Gasteiger partial charge in [0.25, 0.3) is 5.91 Å². The SMILES string of the molecule is COc1ccccc1OCCNC(=O)COC(=O)/C=C/c1cccc(Cl)c1. The molecule has 7 heteroatoms. The summed E-state index contributed by atoms with van der Waals surface area (Å²) in [5.74, 6) is 0.176. The minimum Gasteiger partial charge on any atom is -0.493 e. The van der Waals surface area contributed by atoms with E-state index in [0.717, 1.165) is 5.56 Å². The Morgan fingerprint density at radius 3 is 2.63 bits per heavy atom. The molecule has 1 N–H and O–H groups in total. The van der Waals surface area contributed by atoms with Crippen LogP contribution in [0.15, 0.2) is 54.6 Å². The van der Waals surface area contributed by atoms with Crippen molar-refractivity contribution in [3.63, 3.8) is 0 Å². The summed E-state index contributed by atoms with van der Waals surface area (Å²) < 4.78 is 15.6. The third kappa shape index (κ3) is 7.42. The van der Waals surface area contributed by atoms with E-state index in [9.17, 15) is 9.59 Å². The van der Waals surface area contributed by atoms with Gasteiger partial charge in [-0.1, -0.05) is 35.9 Å². The smallest absolute Gasteiger partial charge is 0.331 e. The van der Waals surface area contributed by atoms with Crippen molar-refractivity contribution in [1.82, 2.24) is 5.32 Å². The minimum atomic E-state index is -0.615. The first kappa shape index (κ1) is 20.3. The fourth-order valence-electron chi connectivity index (χ4n) is 2.10. The van der Waals surface area contributed by atoms with Crippen LogP contribution in [0, 0.1) is 0 Å². The summed E-state index contributed by atoms with van der Waals surface area (Å²) >= 11 is 5.86. The summed E-state index contributed by atoms with van der Waals surface area (Å²) in [4.78, 5) is 23.3. The van der Waals surface area contributed by atoms with Crippen LogP contribution in [0.25, 0.3) is 6.08 Å². The molecule has 1 amide bonds. The van der Waals surface area contributed by atoms with Crippen molar-refractivity contribution >= 4 is 29.6 Å². The number of para-hydroxylation sites is 2. The van der Waals surface area contributed by atoms with Crippen molar-refractivity contribution < 1.29 is 23.8 Å². The maximum atomic E-state index is 11.7. The Hall–Kier alpha value is -2.99. The Morgan fingerprint density at radius 2 is 1.89 bits per heavy atom. The Bertz CT molecular complexity index is 806. The predicted molar refractivity (Wildman–Crippen MR) is 103 cm³/mol. The molecule has 2 aromatic carbocycles. The van der Waals surface area contributed by atoms with Gasteiger partial charge in [0.2, 0.25) is 0 Å². The van der Waals surface area contributed by atoms with Gasteiger partial charge in [0, 0.05) is 11.1 Å². The highest BCUT2D eigenvalue weighted by molar-refractivity contribution is 6.30. The summed E-state index contributed by atoms with van der Waals surface area (Å²) in [5.41, 5.74) is 0.761. The van der Waals surface area contributed by atoms with E-state index in [2.05, 4.69) is 5.32 Å². The molecule has 0 fully saturated rings. The molecule has 0 aromatic heterocycles. The lowest BCUT2D eigenvalue weighted by Gasteiger charge is -2.10. The van der Waals surface area contributed by atoms with E-state index >= 15 is 0 Å². The van der Waals surface area contributed by atoms with Gasteiger partial charge in [-0.05, 0) is 35.9 Å². The quantitative estimate of drug-likeness (QED) is 0.405. The van der Waals surface area contributed by atoms with Crippen molar-refractivity contribution in [2.75, 3.05) is 26.9 Å². The number of carbonyl (C=O) groups is 2. The Morgan fingerprint density at radius 1 is 1.11 bits per heavy atom. The normalized spacial score (nSPS) is 10.4. The second-order valence-corrected chi connectivity index (χ2v) is 5.78. The molecule has 0 saturated heterocycles. The largest absolute Gasteiger partial charge is 0.493 e. The van der Waals surface area contributed by atoms with Crippen molar-refractivity contribution in [2.24, 2.45) is 0 Å². The number of methoxy groups -OCH3 is 1. The fourth-order valence-corrected chi connectivity index (χ4v) is 2.30. The molecular formula is C20H20ClNO5. The van der Waals surface area contributed by atoms with Crippen LogP contribution >= 0.6 is 11.6 Å². The summed E-state index contributed by atoms with van der Waals surface area (Å²) in [7, 11) is 1.55. The average molecular weight is 390 g/mol. The lowest BCUT2D eigenvalue weighted by Crippen LogP contribution is -2.31. The van der Waals surface area contributed by atoms with Gasteiger partial charge in [-0.2, -0.15) is 0 Å². The standard InChI is InChI=1S/C20H20ClNO5/c1-25-17-7-2-3-8-18(17)26-12-11-22-19(23)14-27-20(24)10-9-15-5-4-6-16(21)13-15/h2-10,13H,11-12,14H2,1H3,(H,22,23)/b10-9+. The molecule has 0 spiro atoms. The summed E-state index contributed by atoms with van der Waals surface area (Å²) in [6.07, 6.45) is 2.80. The van der Waals surface area contributed by atoms with Crippen LogP contribution < -0.4 is 14.8 Å². The highest BCUT2D eigenvalue weighted by atomic mass is 35.5. The van der Waals surface area contributed by atoms with Crippen molar-refractivity contribution in [3.8, 4) is 11.5 Å². The third-order valence-electron chi connectivity index (χ3n) is 3.36. The zero-order chi connectivity index (χ0) is 19.5. The molecule has 0 saturated carbocycles. The maximum absolute atomic E-state index is 11.7. The molecule has 2 rings (SSSR count). The molecule has 0 aliphatic heterocycles. The monoisotopic (exact) mass is 389 g/mol. The lowest BCUT2D eigenvalue weighted by atomic mass is 10.2. The number of rotatable bonds is 9. The number of nitrogens with one attached hydrogen (secondary N) is 1. The fraction of sp³-hybridized carbons (Fsp3) is 0.200. The number of esters is 1. The van der Waals surface area contributed by atoms with Gasteiger partial charge in [-0.3, -0.25) is 4.79 Å². The lowest BCUT2D eigenvalue weighted by molar-refractivity contribution is -0.143. The summed E-state index contributed by atoms with van der Waals surface area (Å²) in [6, 6.07) is 14.2. The van der Waals surface area contributed by atoms with Crippen LogP contribution in [0.2, 0.25) is 5.02 Å². The van der Waals surface area contributed by atoms with Crippen molar-refractivity contribution in [1.29, 1.82) is 0 Å². The third-order valence-corrected chi connectivity index (χ3v) is 3.59. The molecule has 0 unspecified atom stereocenters. The molecule has 0 aliphatic carbocycles. The van der Waals surface area contributed by atoms with E-state index in [1.807, 2.05) is 12.1 Å². The van der Waals surface area contributed by atoms with E-state index < -0.39 is 11.9 Å². The molecular weight excluding hydrogens is 370 g/mol. The van der Waals surface area contributed by atoms with Crippen LogP contribution in [0.4, 0.5) is 0 Å². The minimum absolute atomic E-state index is 0.259. The number of hydrogen-bond donors (Lipinski definition) is 1. The molecule has 0 atom stereocenters. The number of hydrogen-bond acceptors (Lipinski definition) is 5. The number of halogens is 1. The topological polar surface area (TPSA) is 73.9 Å². The number of carbonyl (C=O) groups excluding carboxylic acids is 2. The molecule has 2 aromatic rings. The molecule has 0 aliphatic rings. The number of ether oxygens (including phenoxy) is 3. The van der Waals surface area contributed by atoms with E-state index in [-0.39, 0.29) is 19.8 Å². The van der Waals surface area contributed by atoms with Gasteiger partial charge in [0.15, 0.2) is 18.1 Å². The van der Waals surface area contributed by atoms with Gasteiger partial charge in [0.05, 0.1) is 13.7 Å². The van der Waals surface area contributed by atoms with E-state index in [4.69, 9.17) is 25.8 Å². The first-order chi connectivity index (χ1) is 13.1.